The molecule has 0 aromatic heterocycles. The Hall–Kier alpha value is -2.96. The number of carbonyl (C=O) groups is 4. The number of quaternary nitrogens is 4. The highest BCUT2D eigenvalue weighted by molar-refractivity contribution is 6.10. The van der Waals surface area contributed by atoms with Gasteiger partial charge in [0.2, 0.25) is 0 Å². The van der Waals surface area contributed by atoms with Crippen molar-refractivity contribution in [2.75, 3.05) is 162 Å². The number of hydrogen-bond acceptors (Lipinski definition) is 12. The zero-order chi connectivity index (χ0) is 63.8. The lowest BCUT2D eigenvalue weighted by Gasteiger charge is -2.72. The van der Waals surface area contributed by atoms with Crippen LogP contribution in [0.15, 0.2) is 23.8 Å². The lowest BCUT2D eigenvalue weighted by atomic mass is 9.31. The fourth-order valence-electron chi connectivity index (χ4n) is 36.8. The molecule has 0 aromatic rings. The van der Waals surface area contributed by atoms with Crippen molar-refractivity contribution in [2.24, 2.45) is 210 Å². The van der Waals surface area contributed by atoms with Gasteiger partial charge in [-0.25, -0.2) is 0 Å². The summed E-state index contributed by atoms with van der Waals surface area (Å²) in [6.45, 7) is 5.32. The van der Waals surface area contributed by atoms with Crippen LogP contribution in [0.1, 0.15) is 57.8 Å². The molecular weight excluding hydrogens is 1170 g/mol. The van der Waals surface area contributed by atoms with Crippen LogP contribution < -0.4 is 0 Å². The molecule has 16 heteroatoms. The number of allylic oxidation sites excluding steroid dienone is 4. The van der Waals surface area contributed by atoms with Gasteiger partial charge in [0.05, 0.1) is 82.8 Å². The van der Waals surface area contributed by atoms with E-state index in [-0.39, 0.29) is 118 Å². The number of hydrogen-bond donors (Lipinski definition) is 4. The predicted octanol–water partition coefficient (Wildman–Crippen LogP) is 4.49. The van der Waals surface area contributed by atoms with Crippen LogP contribution >= 0.6 is 0 Å². The molecule has 19 saturated carbocycles. The Balaban J connectivity index is 0.792. The summed E-state index contributed by atoms with van der Waals surface area (Å²) in [7, 11) is 16.8. The van der Waals surface area contributed by atoms with Crippen molar-refractivity contribution in [1.82, 2.24) is 0 Å². The fourth-order valence-corrected chi connectivity index (χ4v) is 36.8. The van der Waals surface area contributed by atoms with Crippen LogP contribution in [0.3, 0.4) is 0 Å². The van der Waals surface area contributed by atoms with Crippen molar-refractivity contribution in [3.8, 4) is 0 Å². The number of aliphatic hydroxyl groups is 4. The Labute approximate surface area is 550 Å². The van der Waals surface area contributed by atoms with Crippen molar-refractivity contribution in [3.05, 3.63) is 23.8 Å². The Bertz CT molecular complexity index is 3360. The minimum Gasteiger partial charge on any atom is -0.459 e. The molecule has 21 rings (SSSR count). The second-order valence-electron chi connectivity index (χ2n) is 39.7. The summed E-state index contributed by atoms with van der Waals surface area (Å²) in [6.07, 6.45) is 18.3. The molecule has 16 nitrogen and oxygen atoms in total. The molecular formula is C77H110N4O12+4. The molecule has 4 spiro atoms. The van der Waals surface area contributed by atoms with Gasteiger partial charge in [0.1, 0.15) is 78.8 Å². The number of esters is 4. The van der Waals surface area contributed by atoms with E-state index in [4.69, 9.17) is 18.9 Å². The lowest BCUT2D eigenvalue weighted by Crippen LogP contribution is -2.69. The Morgan fingerprint density at radius 3 is 1.52 bits per heavy atom. The van der Waals surface area contributed by atoms with E-state index in [0.29, 0.717) is 206 Å². The van der Waals surface area contributed by atoms with Crippen molar-refractivity contribution < 1.29 is 76.5 Å². The van der Waals surface area contributed by atoms with Gasteiger partial charge in [-0.05, 0) is 229 Å². The van der Waals surface area contributed by atoms with Crippen LogP contribution in [0, 0.1) is 210 Å². The van der Waals surface area contributed by atoms with Gasteiger partial charge in [-0.1, -0.05) is 23.8 Å². The maximum absolute atomic E-state index is 17.1. The predicted molar refractivity (Wildman–Crippen MR) is 337 cm³/mol. The minimum atomic E-state index is -1.45. The zero-order valence-electron chi connectivity index (χ0n) is 57.0. The molecule has 19 fully saturated rings. The molecule has 34 atom stereocenters. The van der Waals surface area contributed by atoms with E-state index in [9.17, 15) is 20.4 Å². The first-order chi connectivity index (χ1) is 44.5. The molecule has 0 aromatic carbocycles. The van der Waals surface area contributed by atoms with Gasteiger partial charge in [0.25, 0.3) is 0 Å². The molecule has 21 aliphatic rings. The largest absolute Gasteiger partial charge is 0.459 e. The van der Waals surface area contributed by atoms with Crippen LogP contribution in [0.25, 0.3) is 0 Å². The molecule has 0 saturated heterocycles. The number of likely N-dealkylation sites (N-methyl/N-ethyl adjacent to an activating group) is 4. The van der Waals surface area contributed by atoms with Gasteiger partial charge < -0.3 is 57.3 Å². The van der Waals surface area contributed by atoms with E-state index < -0.39 is 32.5 Å². The molecule has 0 amide bonds. The average molecular weight is 1280 g/mol. The second kappa shape index (κ2) is 17.8. The zero-order valence-corrected chi connectivity index (χ0v) is 57.0. The van der Waals surface area contributed by atoms with Gasteiger partial charge in [0, 0.05) is 27.1 Å². The van der Waals surface area contributed by atoms with E-state index in [1.165, 1.54) is 19.3 Å². The van der Waals surface area contributed by atoms with E-state index in [0.717, 1.165) is 38.5 Å². The summed E-state index contributed by atoms with van der Waals surface area (Å²) in [5.41, 5.74) is -3.81. The molecule has 506 valence electrons. The van der Waals surface area contributed by atoms with Crippen LogP contribution in [0.4, 0.5) is 0 Å². The third-order valence-electron chi connectivity index (χ3n) is 37.0. The first-order valence-electron chi connectivity index (χ1n) is 38.3. The highest BCUT2D eigenvalue weighted by atomic mass is 16.6. The highest BCUT2D eigenvalue weighted by Crippen LogP contribution is 3.12. The van der Waals surface area contributed by atoms with Gasteiger partial charge in [-0.15, -0.1) is 0 Å². The van der Waals surface area contributed by atoms with Crippen molar-refractivity contribution in [1.29, 1.82) is 0 Å². The maximum Gasteiger partial charge on any atom is 0.325 e. The summed E-state index contributed by atoms with van der Waals surface area (Å²) < 4.78 is 30.2. The Kier molecular flexibility index (Phi) is 11.3. The van der Waals surface area contributed by atoms with E-state index >= 15 is 19.2 Å². The molecule has 93 heavy (non-hydrogen) atoms. The summed E-state index contributed by atoms with van der Waals surface area (Å²) >= 11 is 0. The maximum atomic E-state index is 17.1. The molecule has 0 radical (unpaired) electrons. The van der Waals surface area contributed by atoms with Crippen molar-refractivity contribution in [2.45, 2.75) is 57.8 Å². The number of aliphatic hydroxyl groups excluding tert-OH is 4. The van der Waals surface area contributed by atoms with Gasteiger partial charge in [0.15, 0.2) is 10.8 Å². The highest BCUT2D eigenvalue weighted by Gasteiger charge is 3.14. The van der Waals surface area contributed by atoms with Crippen molar-refractivity contribution >= 4 is 23.9 Å². The first kappa shape index (κ1) is 59.0. The smallest absolute Gasteiger partial charge is 0.325 e. The van der Waals surface area contributed by atoms with Crippen LogP contribution in [0.5, 0.6) is 0 Å². The quantitative estimate of drug-likeness (QED) is 0.0350. The SMILES string of the molecule is C[N+](C)(CCO)CCOC(=O)C1(C(=O)OCC[N+](C)(C)CCO)C23CCC4CC5CC6C=CC78CC9CC%10=CC%11CC%12CCC2C2C%12C%12C%11C%11C%13C%14C%12C2C2C%12C%14C%14C(C5C%12C4C213)C6C7C%14C%13C1(C%10%11)C(C(=O)OCC[N+](C)(C)CCO)(C(=O)OCC[N+](C)(C)CCO)C981. The van der Waals surface area contributed by atoms with E-state index in [1.807, 2.05) is 0 Å². The lowest BCUT2D eigenvalue weighted by molar-refractivity contribution is -0.890. The monoisotopic (exact) mass is 1280 g/mol. The minimum absolute atomic E-state index is 0.0400. The normalized spacial score (nSPS) is 55.0. The molecule has 0 bridgehead atoms. The topological polar surface area (TPSA) is 186 Å². The molecule has 21 aliphatic carbocycles. The summed E-state index contributed by atoms with van der Waals surface area (Å²) in [5.74, 6) is 11.2. The third-order valence-corrected chi connectivity index (χ3v) is 37.0. The Morgan fingerprint density at radius 1 is 0.452 bits per heavy atom. The second-order valence-corrected chi connectivity index (χ2v) is 39.7. The van der Waals surface area contributed by atoms with Crippen LogP contribution in [0.2, 0.25) is 0 Å². The van der Waals surface area contributed by atoms with Crippen molar-refractivity contribution in [3.63, 3.8) is 0 Å². The fraction of sp³-hybridized carbons (Fsp3) is 0.896. The van der Waals surface area contributed by atoms with Crippen LogP contribution in [-0.4, -0.2) is 224 Å². The Morgan fingerprint density at radius 2 is 0.935 bits per heavy atom. The molecule has 0 heterocycles. The van der Waals surface area contributed by atoms with Gasteiger partial charge in [-0.2, -0.15) is 0 Å². The number of carbonyl (C=O) groups excluding carboxylic acids is 4. The first-order valence-corrected chi connectivity index (χ1v) is 38.3. The average Bonchev–Trinajstić information content (AvgIpc) is 1.37. The molecule has 34 unspecified atom stereocenters. The number of ether oxygens (including phenoxy) is 4. The van der Waals surface area contributed by atoms with E-state index in [1.54, 1.807) is 5.57 Å². The number of nitrogens with zero attached hydrogens (tertiary/aromatic N) is 4. The summed E-state index contributed by atoms with van der Waals surface area (Å²) in [4.78, 5) is 68.3. The molecule has 4 N–H and O–H groups in total. The summed E-state index contributed by atoms with van der Waals surface area (Å²) in [6, 6.07) is 0. The molecule has 0 aliphatic heterocycles. The van der Waals surface area contributed by atoms with Gasteiger partial charge in [-0.3, -0.25) is 19.2 Å². The standard InChI is InChI=1S/C77H110N4O12/c1-78(2,15-23-82)19-27-90-67(86)75(68(87)91-28-20-79(3,4)16-24-83)72-14-12-39-33-40-32-38-11-13-71-36-43-35-42-34-41-31-37-9-10-44(72)49-45(37)50-46(41)57-60-53-52(50)58(49)65-59-54(53)55-51(47(40)56(59)62(39)73(65,72)75)48(38)64(71)61(55)66(60)74(63(42)57)76(77(43,71)74,69(88)92-29-21-80(5,6)17-25-84)70(89)93-30-22-81(7,8)18-26-85/h11,13,34,37-41,43-66,82-85H,9-10,12,14-33,35-36H2,1-8H3/q+4. The van der Waals surface area contributed by atoms with Gasteiger partial charge >= 0.3 is 23.9 Å². The van der Waals surface area contributed by atoms with E-state index in [2.05, 4.69) is 74.6 Å². The summed E-state index contributed by atoms with van der Waals surface area (Å²) in [5, 5.41) is 40.9. The van der Waals surface area contributed by atoms with Crippen LogP contribution in [-0.2, 0) is 38.1 Å². The number of rotatable bonds is 24. The third kappa shape index (κ3) is 5.70.